The molecule has 0 aliphatic rings. The Morgan fingerprint density at radius 1 is 1.28 bits per heavy atom. The molecule has 18 heavy (non-hydrogen) atoms. The van der Waals surface area contributed by atoms with Gasteiger partial charge in [0.2, 0.25) is 5.91 Å². The normalized spacial score (nSPS) is 10.3. The van der Waals surface area contributed by atoms with Crippen LogP contribution in [0.1, 0.15) is 11.3 Å². The zero-order chi connectivity index (χ0) is 12.8. The van der Waals surface area contributed by atoms with Crippen LogP contribution in [-0.4, -0.2) is 22.6 Å². The minimum atomic E-state index is 0.0387. The number of halogens is 1. The molecule has 0 radical (unpaired) electrons. The van der Waals surface area contributed by atoms with Crippen molar-refractivity contribution in [3.05, 3.63) is 52.3 Å². The van der Waals surface area contributed by atoms with E-state index in [1.54, 1.807) is 6.20 Å². The van der Waals surface area contributed by atoms with Gasteiger partial charge in [-0.15, -0.1) is 0 Å². The standard InChI is InChI=1S/C13H14BrN3O/c14-11-3-1-10(2-4-11)9-13(18)15-7-5-12-6-8-16-17-12/h1-4,6,8H,5,7,9H2,(H,15,18)(H,16,17). The largest absolute Gasteiger partial charge is 0.355 e. The van der Waals surface area contributed by atoms with Crippen molar-refractivity contribution in [1.82, 2.24) is 15.5 Å². The highest BCUT2D eigenvalue weighted by atomic mass is 79.9. The second kappa shape index (κ2) is 6.35. The lowest BCUT2D eigenvalue weighted by molar-refractivity contribution is -0.120. The Morgan fingerprint density at radius 3 is 2.72 bits per heavy atom. The maximum absolute atomic E-state index is 11.7. The number of nitrogens with zero attached hydrogens (tertiary/aromatic N) is 1. The van der Waals surface area contributed by atoms with Crippen LogP contribution in [0.5, 0.6) is 0 Å². The molecule has 1 aromatic heterocycles. The molecule has 0 aliphatic carbocycles. The Bertz CT molecular complexity index is 493. The minimum Gasteiger partial charge on any atom is -0.355 e. The molecule has 4 nitrogen and oxygen atoms in total. The van der Waals surface area contributed by atoms with E-state index in [2.05, 4.69) is 31.4 Å². The first kappa shape index (κ1) is 12.8. The van der Waals surface area contributed by atoms with Crippen LogP contribution in [0.2, 0.25) is 0 Å². The second-order valence-electron chi connectivity index (χ2n) is 3.99. The number of benzene rings is 1. The number of carbonyl (C=O) groups excluding carboxylic acids is 1. The molecule has 5 heteroatoms. The van der Waals surface area contributed by atoms with Crippen LogP contribution in [0.25, 0.3) is 0 Å². The number of hydrogen-bond donors (Lipinski definition) is 2. The van der Waals surface area contributed by atoms with Gasteiger partial charge in [-0.05, 0) is 23.8 Å². The third-order valence-corrected chi connectivity index (χ3v) is 3.08. The van der Waals surface area contributed by atoms with Gasteiger partial charge in [-0.25, -0.2) is 0 Å². The quantitative estimate of drug-likeness (QED) is 0.888. The number of amides is 1. The van der Waals surface area contributed by atoms with E-state index in [1.165, 1.54) is 0 Å². The van der Waals surface area contributed by atoms with E-state index < -0.39 is 0 Å². The summed E-state index contributed by atoms with van der Waals surface area (Å²) in [5, 5.41) is 9.60. The molecule has 1 heterocycles. The fourth-order valence-corrected chi connectivity index (χ4v) is 1.87. The fraction of sp³-hybridized carbons (Fsp3) is 0.231. The van der Waals surface area contributed by atoms with E-state index in [4.69, 9.17) is 0 Å². The molecule has 2 N–H and O–H groups in total. The highest BCUT2D eigenvalue weighted by Crippen LogP contribution is 2.10. The molecule has 1 amide bonds. The summed E-state index contributed by atoms with van der Waals surface area (Å²) in [5.41, 5.74) is 2.04. The molecule has 94 valence electrons. The number of carbonyl (C=O) groups is 1. The zero-order valence-electron chi connectivity index (χ0n) is 9.82. The predicted molar refractivity (Wildman–Crippen MR) is 73.1 cm³/mol. The summed E-state index contributed by atoms with van der Waals surface area (Å²) in [6.45, 7) is 0.623. The van der Waals surface area contributed by atoms with Crippen LogP contribution in [-0.2, 0) is 17.6 Å². The van der Waals surface area contributed by atoms with Gasteiger partial charge in [0.05, 0.1) is 6.42 Å². The number of hydrogen-bond acceptors (Lipinski definition) is 2. The van der Waals surface area contributed by atoms with Gasteiger partial charge in [0, 0.05) is 29.3 Å². The smallest absolute Gasteiger partial charge is 0.224 e. The number of aromatic nitrogens is 2. The topological polar surface area (TPSA) is 57.8 Å². The number of aromatic amines is 1. The van der Waals surface area contributed by atoms with Crippen LogP contribution in [0.15, 0.2) is 41.0 Å². The number of rotatable bonds is 5. The molecule has 0 saturated carbocycles. The molecule has 2 aromatic rings. The Kier molecular flexibility index (Phi) is 4.52. The van der Waals surface area contributed by atoms with E-state index >= 15 is 0 Å². The predicted octanol–water partition coefficient (Wildman–Crippen LogP) is 2.07. The maximum Gasteiger partial charge on any atom is 0.224 e. The van der Waals surface area contributed by atoms with E-state index in [0.29, 0.717) is 13.0 Å². The summed E-state index contributed by atoms with van der Waals surface area (Å²) >= 11 is 3.37. The molecule has 1 aromatic carbocycles. The average Bonchev–Trinajstić information content (AvgIpc) is 2.85. The molecule has 0 saturated heterocycles. The van der Waals surface area contributed by atoms with Crippen LogP contribution in [0.3, 0.4) is 0 Å². The molecule has 2 rings (SSSR count). The average molecular weight is 308 g/mol. The summed E-state index contributed by atoms with van der Waals surface area (Å²) in [4.78, 5) is 11.7. The van der Waals surface area contributed by atoms with Gasteiger partial charge in [0.1, 0.15) is 0 Å². The Balaban J connectivity index is 1.73. The first-order valence-electron chi connectivity index (χ1n) is 5.73. The molecule has 0 bridgehead atoms. The molecule has 0 aliphatic heterocycles. The number of nitrogens with one attached hydrogen (secondary N) is 2. The lowest BCUT2D eigenvalue weighted by atomic mass is 10.1. The van der Waals surface area contributed by atoms with Gasteiger partial charge in [-0.1, -0.05) is 28.1 Å². The first-order chi connectivity index (χ1) is 8.74. The molecular weight excluding hydrogens is 294 g/mol. The lowest BCUT2D eigenvalue weighted by Crippen LogP contribution is -2.27. The van der Waals surface area contributed by atoms with E-state index in [1.807, 2.05) is 30.3 Å². The van der Waals surface area contributed by atoms with Crippen LogP contribution >= 0.6 is 15.9 Å². The van der Waals surface area contributed by atoms with Gasteiger partial charge in [0.15, 0.2) is 0 Å². The van der Waals surface area contributed by atoms with Crippen LogP contribution < -0.4 is 5.32 Å². The Hall–Kier alpha value is -1.62. The maximum atomic E-state index is 11.7. The van der Waals surface area contributed by atoms with E-state index in [-0.39, 0.29) is 5.91 Å². The first-order valence-corrected chi connectivity index (χ1v) is 6.53. The molecule has 0 fully saturated rings. The fourth-order valence-electron chi connectivity index (χ4n) is 1.61. The Morgan fingerprint density at radius 2 is 2.06 bits per heavy atom. The van der Waals surface area contributed by atoms with Gasteiger partial charge in [-0.2, -0.15) is 5.10 Å². The van der Waals surface area contributed by atoms with Crippen molar-refractivity contribution < 1.29 is 4.79 Å². The molecule has 0 spiro atoms. The van der Waals surface area contributed by atoms with Gasteiger partial charge in [-0.3, -0.25) is 9.89 Å². The van der Waals surface area contributed by atoms with E-state index in [9.17, 15) is 4.79 Å². The summed E-state index contributed by atoms with van der Waals surface area (Å²) in [6.07, 6.45) is 2.89. The monoisotopic (exact) mass is 307 g/mol. The van der Waals surface area contributed by atoms with Crippen molar-refractivity contribution in [2.45, 2.75) is 12.8 Å². The van der Waals surface area contributed by atoms with Crippen molar-refractivity contribution >= 4 is 21.8 Å². The minimum absolute atomic E-state index is 0.0387. The highest BCUT2D eigenvalue weighted by Gasteiger charge is 2.03. The second-order valence-corrected chi connectivity index (χ2v) is 4.90. The van der Waals surface area contributed by atoms with Crippen molar-refractivity contribution in [3.8, 4) is 0 Å². The van der Waals surface area contributed by atoms with Crippen molar-refractivity contribution in [2.24, 2.45) is 0 Å². The van der Waals surface area contributed by atoms with Gasteiger partial charge < -0.3 is 5.32 Å². The summed E-state index contributed by atoms with van der Waals surface area (Å²) in [6, 6.07) is 9.67. The van der Waals surface area contributed by atoms with Crippen molar-refractivity contribution in [2.75, 3.05) is 6.54 Å². The third kappa shape index (κ3) is 4.00. The summed E-state index contributed by atoms with van der Waals surface area (Å²) in [5.74, 6) is 0.0387. The highest BCUT2D eigenvalue weighted by molar-refractivity contribution is 9.10. The molecular formula is C13H14BrN3O. The zero-order valence-corrected chi connectivity index (χ0v) is 11.4. The molecule has 0 unspecified atom stereocenters. The molecule has 0 atom stereocenters. The number of H-pyrrole nitrogens is 1. The Labute approximate surface area is 114 Å². The third-order valence-electron chi connectivity index (χ3n) is 2.55. The summed E-state index contributed by atoms with van der Waals surface area (Å²) < 4.78 is 1.02. The lowest BCUT2D eigenvalue weighted by Gasteiger charge is -2.04. The van der Waals surface area contributed by atoms with Crippen molar-refractivity contribution in [3.63, 3.8) is 0 Å². The summed E-state index contributed by atoms with van der Waals surface area (Å²) in [7, 11) is 0. The van der Waals surface area contributed by atoms with Gasteiger partial charge in [0.25, 0.3) is 0 Å². The van der Waals surface area contributed by atoms with Gasteiger partial charge >= 0.3 is 0 Å². The van der Waals surface area contributed by atoms with Crippen molar-refractivity contribution in [1.29, 1.82) is 0 Å². The SMILES string of the molecule is O=C(Cc1ccc(Br)cc1)NCCc1ccn[nH]1. The van der Waals surface area contributed by atoms with Crippen LogP contribution in [0.4, 0.5) is 0 Å². The van der Waals surface area contributed by atoms with Crippen LogP contribution in [0, 0.1) is 0 Å². The van der Waals surface area contributed by atoms with E-state index in [0.717, 1.165) is 22.2 Å².